The molecule has 1 aliphatic heterocycles. The van der Waals surface area contributed by atoms with Gasteiger partial charge in [0.05, 0.1) is 16.3 Å². The van der Waals surface area contributed by atoms with Crippen molar-refractivity contribution in [2.75, 3.05) is 33.2 Å². The van der Waals surface area contributed by atoms with E-state index in [2.05, 4.69) is 4.99 Å². The number of nitrogens with one attached hydrogen (secondary N) is 1. The van der Waals surface area contributed by atoms with E-state index in [4.69, 9.17) is 21.5 Å². The molecule has 224 valence electrons. The van der Waals surface area contributed by atoms with E-state index in [9.17, 15) is 30.4 Å². The van der Waals surface area contributed by atoms with Crippen LogP contribution < -0.4 is 10.2 Å². The third-order valence-electron chi connectivity index (χ3n) is 6.33. The SMILES string of the molecule is CN(CCN(CC(=O)NO)S(=O)(=O)c1cc(F)c(Oc2ccc(Cl)cc2)c(F)c1)S(=O)(=O)c1cccc2c1CCN=C2. The number of halogens is 3. The van der Waals surface area contributed by atoms with Crippen LogP contribution in [0.2, 0.25) is 5.02 Å². The van der Waals surface area contributed by atoms with Crippen molar-refractivity contribution in [3.63, 3.8) is 0 Å². The fourth-order valence-corrected chi connectivity index (χ4v) is 7.10. The minimum absolute atomic E-state index is 0.0246. The van der Waals surface area contributed by atoms with E-state index in [1.54, 1.807) is 18.3 Å². The van der Waals surface area contributed by atoms with Gasteiger partial charge in [0, 0.05) is 37.9 Å². The minimum Gasteiger partial charge on any atom is -0.451 e. The number of carbonyl (C=O) groups excluding carboxylic acids is 1. The molecule has 42 heavy (non-hydrogen) atoms. The average Bonchev–Trinajstić information content (AvgIpc) is 2.97. The molecule has 0 radical (unpaired) electrons. The average molecular weight is 643 g/mol. The lowest BCUT2D eigenvalue weighted by Crippen LogP contribution is -2.44. The summed E-state index contributed by atoms with van der Waals surface area (Å²) in [6.45, 7) is -1.62. The summed E-state index contributed by atoms with van der Waals surface area (Å²) in [4.78, 5) is 15.3. The molecule has 1 amide bonds. The first-order chi connectivity index (χ1) is 19.8. The summed E-state index contributed by atoms with van der Waals surface area (Å²) in [6.07, 6.45) is 1.96. The van der Waals surface area contributed by atoms with Crippen LogP contribution in [0.1, 0.15) is 11.1 Å². The van der Waals surface area contributed by atoms with E-state index in [0.29, 0.717) is 45.6 Å². The number of hydrogen-bond donors (Lipinski definition) is 2. The van der Waals surface area contributed by atoms with Crippen molar-refractivity contribution in [1.29, 1.82) is 0 Å². The summed E-state index contributed by atoms with van der Waals surface area (Å²) in [6, 6.07) is 11.3. The second kappa shape index (κ2) is 12.8. The number of nitrogens with zero attached hydrogens (tertiary/aromatic N) is 3. The highest BCUT2D eigenvalue weighted by atomic mass is 35.5. The van der Waals surface area contributed by atoms with Gasteiger partial charge in [-0.2, -0.15) is 8.61 Å². The van der Waals surface area contributed by atoms with Crippen molar-refractivity contribution in [2.45, 2.75) is 16.2 Å². The number of hydroxylamine groups is 1. The van der Waals surface area contributed by atoms with Gasteiger partial charge in [-0.05, 0) is 60.0 Å². The van der Waals surface area contributed by atoms with Gasteiger partial charge >= 0.3 is 0 Å². The number of benzene rings is 3. The van der Waals surface area contributed by atoms with E-state index in [1.807, 2.05) is 0 Å². The Morgan fingerprint density at radius 1 is 1.05 bits per heavy atom. The van der Waals surface area contributed by atoms with E-state index in [1.165, 1.54) is 42.9 Å². The van der Waals surface area contributed by atoms with Crippen LogP contribution in [0.15, 0.2) is 69.4 Å². The Morgan fingerprint density at radius 3 is 2.36 bits per heavy atom. The normalized spacial score (nSPS) is 13.3. The molecule has 0 unspecified atom stereocenters. The van der Waals surface area contributed by atoms with E-state index in [0.717, 1.165) is 4.31 Å². The zero-order chi connectivity index (χ0) is 30.7. The predicted molar refractivity (Wildman–Crippen MR) is 149 cm³/mol. The standard InChI is InChI=1S/C26H25ClF2N4O7S2/c1-32(42(38,39)24-4-2-3-17-15-30-10-9-21(17)24)11-12-33(16-25(34)31-35)41(36,37)20-13-22(28)26(23(29)14-20)40-19-7-5-18(27)6-8-19/h2-8,13-15,35H,9-12,16H2,1H3,(H,31,34). The monoisotopic (exact) mass is 642 g/mol. The van der Waals surface area contributed by atoms with Crippen LogP contribution in [-0.2, 0) is 31.3 Å². The quantitative estimate of drug-likeness (QED) is 0.241. The number of carbonyl (C=O) groups is 1. The highest BCUT2D eigenvalue weighted by Gasteiger charge is 2.32. The molecule has 3 aromatic carbocycles. The predicted octanol–water partition coefficient (Wildman–Crippen LogP) is 3.20. The molecule has 0 saturated carbocycles. The van der Waals surface area contributed by atoms with Gasteiger partial charge in [0.15, 0.2) is 17.4 Å². The Kier molecular flexibility index (Phi) is 9.60. The molecule has 4 rings (SSSR count). The van der Waals surface area contributed by atoms with Crippen molar-refractivity contribution < 1.29 is 40.4 Å². The summed E-state index contributed by atoms with van der Waals surface area (Å²) in [7, 11) is -7.69. The third-order valence-corrected chi connectivity index (χ3v) is 10.3. The molecule has 1 heterocycles. The number of rotatable bonds is 11. The maximum Gasteiger partial charge on any atom is 0.258 e. The van der Waals surface area contributed by atoms with Crippen molar-refractivity contribution in [3.05, 3.63) is 82.4 Å². The Balaban J connectivity index is 1.59. The van der Waals surface area contributed by atoms with Crippen molar-refractivity contribution in [2.24, 2.45) is 4.99 Å². The zero-order valence-electron chi connectivity index (χ0n) is 22.0. The minimum atomic E-state index is -4.80. The summed E-state index contributed by atoms with van der Waals surface area (Å²) in [5.41, 5.74) is 2.50. The van der Waals surface area contributed by atoms with Gasteiger partial charge in [-0.15, -0.1) is 0 Å². The maximum absolute atomic E-state index is 14.9. The molecular weight excluding hydrogens is 618 g/mol. The number of fused-ring (bicyclic) bond motifs is 1. The molecule has 0 saturated heterocycles. The van der Waals surface area contributed by atoms with Crippen molar-refractivity contribution >= 4 is 43.8 Å². The lowest BCUT2D eigenvalue weighted by atomic mass is 10.0. The number of hydrogen-bond acceptors (Lipinski definition) is 8. The third kappa shape index (κ3) is 6.77. The van der Waals surface area contributed by atoms with Crippen molar-refractivity contribution in [1.82, 2.24) is 14.1 Å². The van der Waals surface area contributed by atoms with Gasteiger partial charge in [0.2, 0.25) is 20.0 Å². The Labute approximate surface area is 246 Å². The highest BCUT2D eigenvalue weighted by Crippen LogP contribution is 2.32. The van der Waals surface area contributed by atoms with Gasteiger partial charge in [-0.25, -0.2) is 31.1 Å². The second-order valence-corrected chi connectivity index (χ2v) is 13.5. The van der Waals surface area contributed by atoms with Crippen LogP contribution in [0, 0.1) is 11.6 Å². The molecule has 1 aliphatic rings. The highest BCUT2D eigenvalue weighted by molar-refractivity contribution is 7.89. The number of ether oxygens (including phenoxy) is 1. The van der Waals surface area contributed by atoms with Crippen LogP contribution in [0.25, 0.3) is 0 Å². The van der Waals surface area contributed by atoms with E-state index < -0.39 is 67.9 Å². The Bertz CT molecular complexity index is 1710. The first kappa shape index (κ1) is 31.5. The fourth-order valence-electron chi connectivity index (χ4n) is 4.12. The summed E-state index contributed by atoms with van der Waals surface area (Å²) in [5.74, 6) is -4.72. The molecule has 0 aliphatic carbocycles. The lowest BCUT2D eigenvalue weighted by molar-refractivity contribution is -0.129. The van der Waals surface area contributed by atoms with Crippen molar-refractivity contribution in [3.8, 4) is 11.5 Å². The number of likely N-dealkylation sites (N-methyl/N-ethyl adjacent to an activating group) is 1. The molecule has 0 bridgehead atoms. The first-order valence-electron chi connectivity index (χ1n) is 12.3. The van der Waals surface area contributed by atoms with Gasteiger partial charge in [0.25, 0.3) is 5.91 Å². The molecule has 0 aromatic heterocycles. The molecule has 0 fully saturated rings. The van der Waals surface area contributed by atoms with Crippen LogP contribution >= 0.6 is 11.6 Å². The van der Waals surface area contributed by atoms with Crippen LogP contribution in [0.5, 0.6) is 11.5 Å². The summed E-state index contributed by atoms with van der Waals surface area (Å²) in [5, 5.41) is 9.34. The summed E-state index contributed by atoms with van der Waals surface area (Å²) < 4.78 is 90.0. The molecule has 11 nitrogen and oxygen atoms in total. The van der Waals surface area contributed by atoms with Gasteiger partial charge in [0.1, 0.15) is 5.75 Å². The lowest BCUT2D eigenvalue weighted by Gasteiger charge is -2.25. The molecular formula is C26H25ClF2N4O7S2. The summed E-state index contributed by atoms with van der Waals surface area (Å²) >= 11 is 5.79. The number of amides is 1. The number of aliphatic imine (C=N–C) groups is 1. The molecule has 16 heteroatoms. The molecule has 2 N–H and O–H groups in total. The largest absolute Gasteiger partial charge is 0.451 e. The Morgan fingerprint density at radius 2 is 1.71 bits per heavy atom. The second-order valence-electron chi connectivity index (χ2n) is 9.08. The van der Waals surface area contributed by atoms with Crippen LogP contribution in [0.3, 0.4) is 0 Å². The van der Waals surface area contributed by atoms with Crippen LogP contribution in [-0.4, -0.2) is 76.0 Å². The number of sulfonamides is 2. The van der Waals surface area contributed by atoms with Gasteiger partial charge < -0.3 is 4.74 Å². The molecule has 3 aromatic rings. The zero-order valence-corrected chi connectivity index (χ0v) is 24.4. The van der Waals surface area contributed by atoms with Gasteiger partial charge in [-0.3, -0.25) is 15.0 Å². The topological polar surface area (TPSA) is 146 Å². The van der Waals surface area contributed by atoms with E-state index >= 15 is 0 Å². The smallest absolute Gasteiger partial charge is 0.258 e. The fraction of sp³-hybridized carbons (Fsp3) is 0.231. The molecule has 0 atom stereocenters. The van der Waals surface area contributed by atoms with Crippen LogP contribution in [0.4, 0.5) is 8.78 Å². The van der Waals surface area contributed by atoms with E-state index in [-0.39, 0.29) is 10.6 Å². The van der Waals surface area contributed by atoms with Gasteiger partial charge in [-0.1, -0.05) is 23.7 Å². The Hall–Kier alpha value is -3.47. The molecule has 0 spiro atoms. The maximum atomic E-state index is 14.9. The first-order valence-corrected chi connectivity index (χ1v) is 15.5.